The number of fused-ring (bicyclic) bond motifs is 1. The zero-order chi connectivity index (χ0) is 13.7. The lowest BCUT2D eigenvalue weighted by molar-refractivity contribution is 0.287. The third kappa shape index (κ3) is 4.39. The Bertz CT molecular complexity index is 443. The Labute approximate surface area is 116 Å². The molecule has 0 unspecified atom stereocenters. The van der Waals surface area contributed by atoms with Gasteiger partial charge in [-0.1, -0.05) is 30.4 Å². The van der Waals surface area contributed by atoms with Crippen LogP contribution in [-0.2, 0) is 6.42 Å². The summed E-state index contributed by atoms with van der Waals surface area (Å²) in [5.41, 5.74) is 2.76. The zero-order valence-electron chi connectivity index (χ0n) is 12.3. The molecule has 0 atom stereocenters. The lowest BCUT2D eigenvalue weighted by Gasteiger charge is -2.20. The molecule has 1 aliphatic heterocycles. The molecule has 0 aliphatic carbocycles. The highest BCUT2D eigenvalue weighted by Crippen LogP contribution is 2.29. The summed E-state index contributed by atoms with van der Waals surface area (Å²) < 4.78 is 5.80. The molecule has 0 saturated carbocycles. The van der Waals surface area contributed by atoms with E-state index in [4.69, 9.17) is 4.74 Å². The molecule has 1 heterocycles. The number of para-hydroxylation sites is 1. The fraction of sp³-hybridized carbons (Fsp3) is 0.529. The van der Waals surface area contributed by atoms with Crippen LogP contribution in [0.25, 0.3) is 6.08 Å². The van der Waals surface area contributed by atoms with Gasteiger partial charge in [-0.05, 0) is 52.1 Å². The van der Waals surface area contributed by atoms with Crippen LogP contribution >= 0.6 is 0 Å². The van der Waals surface area contributed by atoms with Crippen LogP contribution < -0.4 is 10.1 Å². The van der Waals surface area contributed by atoms with E-state index in [-0.39, 0.29) is 5.54 Å². The molecule has 0 spiro atoms. The van der Waals surface area contributed by atoms with Gasteiger partial charge in [-0.25, -0.2) is 0 Å². The molecular weight excluding hydrogens is 234 g/mol. The summed E-state index contributed by atoms with van der Waals surface area (Å²) >= 11 is 0. The molecule has 0 fully saturated rings. The lowest BCUT2D eigenvalue weighted by Crippen LogP contribution is -2.36. The van der Waals surface area contributed by atoms with Crippen LogP contribution in [0, 0.1) is 0 Å². The third-order valence-electron chi connectivity index (χ3n) is 3.23. The van der Waals surface area contributed by atoms with Crippen molar-refractivity contribution in [3.63, 3.8) is 0 Å². The summed E-state index contributed by atoms with van der Waals surface area (Å²) in [5, 5.41) is 3.49. The van der Waals surface area contributed by atoms with Crippen LogP contribution in [0.1, 0.15) is 44.7 Å². The van der Waals surface area contributed by atoms with E-state index in [1.54, 1.807) is 0 Å². The summed E-state index contributed by atoms with van der Waals surface area (Å²) in [7, 11) is 0. The minimum absolute atomic E-state index is 0.197. The maximum Gasteiger partial charge on any atom is 0.129 e. The van der Waals surface area contributed by atoms with Gasteiger partial charge in [0.1, 0.15) is 5.75 Å². The highest BCUT2D eigenvalue weighted by Gasteiger charge is 2.12. The molecule has 2 rings (SSSR count). The molecule has 1 N–H and O–H groups in total. The van der Waals surface area contributed by atoms with Crippen molar-refractivity contribution in [2.45, 2.75) is 45.6 Å². The summed E-state index contributed by atoms with van der Waals surface area (Å²) in [6, 6.07) is 6.44. The van der Waals surface area contributed by atoms with Crippen LogP contribution in [-0.4, -0.2) is 18.7 Å². The average molecular weight is 259 g/mol. The van der Waals surface area contributed by atoms with Gasteiger partial charge < -0.3 is 10.1 Å². The smallest absolute Gasteiger partial charge is 0.129 e. The first-order chi connectivity index (χ1) is 9.06. The Kier molecular flexibility index (Phi) is 4.65. The maximum atomic E-state index is 5.80. The molecule has 1 aliphatic rings. The van der Waals surface area contributed by atoms with Gasteiger partial charge >= 0.3 is 0 Å². The molecule has 1 aromatic rings. The zero-order valence-corrected chi connectivity index (χ0v) is 12.3. The number of rotatable bonds is 4. The number of nitrogens with one attached hydrogen (secondary N) is 1. The summed E-state index contributed by atoms with van der Waals surface area (Å²) in [6.45, 7) is 8.44. The Morgan fingerprint density at radius 1 is 1.32 bits per heavy atom. The third-order valence-corrected chi connectivity index (χ3v) is 3.23. The molecule has 0 aromatic heterocycles. The van der Waals surface area contributed by atoms with Crippen LogP contribution in [0.15, 0.2) is 24.3 Å². The van der Waals surface area contributed by atoms with E-state index in [1.165, 1.54) is 11.1 Å². The quantitative estimate of drug-likeness (QED) is 0.830. The van der Waals surface area contributed by atoms with Gasteiger partial charge in [-0.15, -0.1) is 0 Å². The van der Waals surface area contributed by atoms with Crippen LogP contribution in [0.2, 0.25) is 0 Å². The Morgan fingerprint density at radius 2 is 2.16 bits per heavy atom. The second-order valence-corrected chi connectivity index (χ2v) is 6.16. The highest BCUT2D eigenvalue weighted by molar-refractivity contribution is 5.60. The topological polar surface area (TPSA) is 21.3 Å². The van der Waals surface area contributed by atoms with Crippen molar-refractivity contribution >= 4 is 6.08 Å². The van der Waals surface area contributed by atoms with Gasteiger partial charge in [0.05, 0.1) is 6.61 Å². The largest absolute Gasteiger partial charge is 0.493 e. The summed E-state index contributed by atoms with van der Waals surface area (Å²) in [4.78, 5) is 0. The monoisotopic (exact) mass is 259 g/mol. The van der Waals surface area contributed by atoms with E-state index in [1.807, 2.05) is 0 Å². The normalized spacial score (nSPS) is 15.3. The second-order valence-electron chi connectivity index (χ2n) is 6.16. The minimum Gasteiger partial charge on any atom is -0.493 e. The second kappa shape index (κ2) is 6.25. The molecule has 0 bridgehead atoms. The molecule has 104 valence electrons. The predicted octanol–water partition coefficient (Wildman–Crippen LogP) is 3.80. The van der Waals surface area contributed by atoms with E-state index in [0.29, 0.717) is 0 Å². The Morgan fingerprint density at radius 3 is 2.95 bits per heavy atom. The number of benzene rings is 1. The fourth-order valence-corrected chi connectivity index (χ4v) is 2.29. The molecule has 0 amide bonds. The van der Waals surface area contributed by atoms with Crippen LogP contribution in [0.4, 0.5) is 0 Å². The summed E-state index contributed by atoms with van der Waals surface area (Å²) in [6.07, 6.45) is 7.74. The van der Waals surface area contributed by atoms with E-state index in [2.05, 4.69) is 56.4 Å². The summed E-state index contributed by atoms with van der Waals surface area (Å²) in [5.74, 6) is 1.09. The molecule has 0 radical (unpaired) electrons. The molecule has 2 heteroatoms. The van der Waals surface area contributed by atoms with Crippen LogP contribution in [0.5, 0.6) is 5.75 Å². The SMILES string of the molecule is CC(C)(C)NCC/C=C/c1cccc2c1OCCC2. The van der Waals surface area contributed by atoms with Crippen molar-refractivity contribution < 1.29 is 4.74 Å². The van der Waals surface area contributed by atoms with Gasteiger partial charge in [-0.2, -0.15) is 0 Å². The number of ether oxygens (including phenoxy) is 1. The number of hydrogen-bond acceptors (Lipinski definition) is 2. The van der Waals surface area contributed by atoms with Gasteiger partial charge in [0.25, 0.3) is 0 Å². The average Bonchev–Trinajstić information content (AvgIpc) is 2.37. The Balaban J connectivity index is 1.92. The van der Waals surface area contributed by atoms with E-state index in [9.17, 15) is 0 Å². The molecule has 1 aromatic carbocycles. The fourth-order valence-electron chi connectivity index (χ4n) is 2.29. The minimum atomic E-state index is 0.197. The first-order valence-electron chi connectivity index (χ1n) is 7.22. The van der Waals surface area contributed by atoms with E-state index in [0.717, 1.165) is 38.2 Å². The van der Waals surface area contributed by atoms with Gasteiger partial charge in [0.15, 0.2) is 0 Å². The van der Waals surface area contributed by atoms with Crippen molar-refractivity contribution in [2.24, 2.45) is 0 Å². The van der Waals surface area contributed by atoms with Gasteiger partial charge in [-0.3, -0.25) is 0 Å². The first-order valence-corrected chi connectivity index (χ1v) is 7.22. The predicted molar refractivity (Wildman–Crippen MR) is 81.7 cm³/mol. The number of aryl methyl sites for hydroxylation is 1. The van der Waals surface area contributed by atoms with E-state index < -0.39 is 0 Å². The standard InChI is InChI=1S/C17H25NO/c1-17(2,3)18-12-5-4-8-14-9-6-10-15-11-7-13-19-16(14)15/h4,6,8-10,18H,5,7,11-13H2,1-3H3/b8-4+. The molecular formula is C17H25NO. The van der Waals surface area contributed by atoms with Crippen molar-refractivity contribution in [1.29, 1.82) is 0 Å². The number of hydrogen-bond donors (Lipinski definition) is 1. The Hall–Kier alpha value is -1.28. The van der Waals surface area contributed by atoms with Crippen molar-refractivity contribution in [2.75, 3.05) is 13.2 Å². The maximum absolute atomic E-state index is 5.80. The highest BCUT2D eigenvalue weighted by atomic mass is 16.5. The first kappa shape index (κ1) is 14.1. The lowest BCUT2D eigenvalue weighted by atomic mass is 10.0. The molecule has 0 saturated heterocycles. The van der Waals surface area contributed by atoms with Crippen LogP contribution in [0.3, 0.4) is 0 Å². The van der Waals surface area contributed by atoms with Crippen molar-refractivity contribution in [3.8, 4) is 5.75 Å². The van der Waals surface area contributed by atoms with Gasteiger partial charge in [0, 0.05) is 11.1 Å². The van der Waals surface area contributed by atoms with Gasteiger partial charge in [0.2, 0.25) is 0 Å². The molecule has 19 heavy (non-hydrogen) atoms. The van der Waals surface area contributed by atoms with Crippen molar-refractivity contribution in [3.05, 3.63) is 35.4 Å². The van der Waals surface area contributed by atoms with Crippen molar-refractivity contribution in [1.82, 2.24) is 5.32 Å². The van der Waals surface area contributed by atoms with E-state index >= 15 is 0 Å². The molecule has 2 nitrogen and oxygen atoms in total.